The number of nitrogens with zero attached hydrogens (tertiary/aromatic N) is 5. The maximum absolute atomic E-state index is 8.73. The number of rotatable bonds is 6. The fraction of sp³-hybridized carbons (Fsp3) is 0.400. The predicted octanol–water partition coefficient (Wildman–Crippen LogP) is 1.37. The van der Waals surface area contributed by atoms with Crippen LogP contribution in [0.5, 0.6) is 0 Å². The van der Waals surface area contributed by atoms with Gasteiger partial charge in [0.15, 0.2) is 0 Å². The Morgan fingerprint density at radius 3 is 2.89 bits per heavy atom. The quantitative estimate of drug-likeness (QED) is 0.619. The third-order valence-electron chi connectivity index (χ3n) is 2.25. The fourth-order valence-corrected chi connectivity index (χ4v) is 1.83. The van der Waals surface area contributed by atoms with Crippen molar-refractivity contribution in [3.63, 3.8) is 0 Å². The molecule has 0 fully saturated rings. The van der Waals surface area contributed by atoms with Gasteiger partial charge in [-0.1, -0.05) is 16.8 Å². The monoisotopic (exact) mass is 302 g/mol. The van der Waals surface area contributed by atoms with Crippen LogP contribution >= 0.6 is 23.2 Å². The molecule has 0 aromatic carbocycles. The summed E-state index contributed by atoms with van der Waals surface area (Å²) in [6.45, 7) is 1.21. The van der Waals surface area contributed by atoms with E-state index < -0.39 is 0 Å². The van der Waals surface area contributed by atoms with Gasteiger partial charge in [0.1, 0.15) is 16.7 Å². The van der Waals surface area contributed by atoms with E-state index in [0.29, 0.717) is 25.3 Å². The summed E-state index contributed by atoms with van der Waals surface area (Å²) in [5, 5.41) is 20.0. The summed E-state index contributed by atoms with van der Waals surface area (Å²) in [5.41, 5.74) is 0.754. The van der Waals surface area contributed by atoms with Crippen LogP contribution in [0.4, 0.5) is 5.82 Å². The minimum absolute atomic E-state index is 0.0848. The lowest BCUT2D eigenvalue weighted by Crippen LogP contribution is -2.03. The van der Waals surface area contributed by atoms with Crippen molar-refractivity contribution in [3.05, 3.63) is 28.4 Å². The molecule has 19 heavy (non-hydrogen) atoms. The summed E-state index contributed by atoms with van der Waals surface area (Å²) >= 11 is 11.5. The maximum atomic E-state index is 8.73. The number of hydrogen-bond acceptors (Lipinski definition) is 6. The molecule has 0 spiro atoms. The van der Waals surface area contributed by atoms with E-state index in [4.69, 9.17) is 28.3 Å². The first-order chi connectivity index (χ1) is 9.17. The molecule has 2 rings (SSSR count). The normalized spacial score (nSPS) is 10.7. The average molecular weight is 303 g/mol. The van der Waals surface area contributed by atoms with Crippen LogP contribution in [0.1, 0.15) is 12.1 Å². The van der Waals surface area contributed by atoms with Gasteiger partial charge in [0.2, 0.25) is 5.28 Å². The highest BCUT2D eigenvalue weighted by Crippen LogP contribution is 2.14. The zero-order valence-corrected chi connectivity index (χ0v) is 11.4. The Morgan fingerprint density at radius 2 is 2.16 bits per heavy atom. The molecule has 7 nitrogen and oxygen atoms in total. The van der Waals surface area contributed by atoms with E-state index >= 15 is 0 Å². The van der Waals surface area contributed by atoms with Crippen molar-refractivity contribution in [2.24, 2.45) is 0 Å². The number of halogens is 2. The fourth-order valence-electron chi connectivity index (χ4n) is 1.42. The van der Waals surface area contributed by atoms with Gasteiger partial charge >= 0.3 is 0 Å². The number of aliphatic hydroxyl groups excluding tert-OH is 1. The van der Waals surface area contributed by atoms with Crippen LogP contribution in [0, 0.1) is 0 Å². The Balaban J connectivity index is 1.92. The SMILES string of the molecule is OCCCn1cc(CNc2cc(Cl)nc(Cl)n2)nn1. The highest BCUT2D eigenvalue weighted by molar-refractivity contribution is 6.32. The standard InChI is InChI=1S/C10H12Cl2N6O/c11-8-4-9(15-10(12)14-8)13-5-7-6-18(17-16-7)2-1-3-19/h4,6,19H,1-3,5H2,(H,13,14,15). The van der Waals surface area contributed by atoms with E-state index in [0.717, 1.165) is 5.69 Å². The molecule has 2 aromatic rings. The minimum Gasteiger partial charge on any atom is -0.396 e. The lowest BCUT2D eigenvalue weighted by Gasteiger charge is -2.03. The van der Waals surface area contributed by atoms with Crippen LogP contribution in [-0.2, 0) is 13.1 Å². The minimum atomic E-state index is 0.0848. The lowest BCUT2D eigenvalue weighted by atomic mass is 10.4. The molecule has 0 aliphatic carbocycles. The average Bonchev–Trinajstić information content (AvgIpc) is 2.81. The second-order valence-electron chi connectivity index (χ2n) is 3.75. The van der Waals surface area contributed by atoms with E-state index in [9.17, 15) is 0 Å². The zero-order chi connectivity index (χ0) is 13.7. The topological polar surface area (TPSA) is 88.8 Å². The lowest BCUT2D eigenvalue weighted by molar-refractivity contribution is 0.276. The Labute approximate surface area is 119 Å². The van der Waals surface area contributed by atoms with Crippen LogP contribution < -0.4 is 5.32 Å². The first kappa shape index (κ1) is 14.0. The second-order valence-corrected chi connectivity index (χ2v) is 4.47. The third-order valence-corrected chi connectivity index (χ3v) is 2.61. The maximum Gasteiger partial charge on any atom is 0.225 e. The molecule has 2 aromatic heterocycles. The Kier molecular flexibility index (Phi) is 4.89. The number of anilines is 1. The third kappa shape index (κ3) is 4.30. The molecular weight excluding hydrogens is 291 g/mol. The van der Waals surface area contributed by atoms with Crippen LogP contribution in [0.15, 0.2) is 12.3 Å². The summed E-state index contributed by atoms with van der Waals surface area (Å²) in [6, 6.07) is 1.57. The molecule has 0 aliphatic rings. The van der Waals surface area contributed by atoms with E-state index in [1.54, 1.807) is 16.9 Å². The summed E-state index contributed by atoms with van der Waals surface area (Å²) in [7, 11) is 0. The van der Waals surface area contributed by atoms with E-state index in [1.807, 2.05) is 0 Å². The van der Waals surface area contributed by atoms with Gasteiger partial charge in [-0.3, -0.25) is 4.68 Å². The smallest absolute Gasteiger partial charge is 0.225 e. The molecule has 0 aliphatic heterocycles. The summed E-state index contributed by atoms with van der Waals surface area (Å²) < 4.78 is 1.67. The van der Waals surface area contributed by atoms with Crippen molar-refractivity contribution in [2.75, 3.05) is 11.9 Å². The summed E-state index contributed by atoms with van der Waals surface area (Å²) in [5.74, 6) is 0.523. The molecule has 0 atom stereocenters. The van der Waals surface area contributed by atoms with Gasteiger partial charge < -0.3 is 10.4 Å². The second kappa shape index (κ2) is 6.65. The first-order valence-corrected chi connectivity index (χ1v) is 6.37. The van der Waals surface area contributed by atoms with Crippen LogP contribution in [-0.4, -0.2) is 36.7 Å². The predicted molar refractivity (Wildman–Crippen MR) is 71.1 cm³/mol. The summed E-state index contributed by atoms with van der Waals surface area (Å²) in [4.78, 5) is 7.73. The van der Waals surface area contributed by atoms with Gasteiger partial charge in [-0.2, -0.15) is 0 Å². The van der Waals surface area contributed by atoms with Crippen molar-refractivity contribution in [2.45, 2.75) is 19.5 Å². The van der Waals surface area contributed by atoms with Crippen LogP contribution in [0.25, 0.3) is 0 Å². The van der Waals surface area contributed by atoms with Gasteiger partial charge in [-0.15, -0.1) is 5.10 Å². The largest absolute Gasteiger partial charge is 0.396 e. The highest BCUT2D eigenvalue weighted by Gasteiger charge is 2.04. The van der Waals surface area contributed by atoms with Crippen molar-refractivity contribution in [1.82, 2.24) is 25.0 Å². The molecule has 2 heterocycles. The van der Waals surface area contributed by atoms with Gasteiger partial charge in [0, 0.05) is 19.2 Å². The number of nitrogens with one attached hydrogen (secondary N) is 1. The van der Waals surface area contributed by atoms with Gasteiger partial charge in [0.05, 0.1) is 12.7 Å². The molecular formula is C10H12Cl2N6O. The van der Waals surface area contributed by atoms with Crippen molar-refractivity contribution in [1.29, 1.82) is 0 Å². The van der Waals surface area contributed by atoms with E-state index in [1.165, 1.54) is 0 Å². The number of aryl methyl sites for hydroxylation is 1. The van der Waals surface area contributed by atoms with Gasteiger partial charge in [-0.25, -0.2) is 9.97 Å². The van der Waals surface area contributed by atoms with Crippen LogP contribution in [0.3, 0.4) is 0 Å². The van der Waals surface area contributed by atoms with Crippen LogP contribution in [0.2, 0.25) is 10.4 Å². The molecule has 2 N–H and O–H groups in total. The van der Waals surface area contributed by atoms with Gasteiger partial charge in [-0.05, 0) is 18.0 Å². The van der Waals surface area contributed by atoms with Crippen molar-refractivity contribution < 1.29 is 5.11 Å². The van der Waals surface area contributed by atoms with E-state index in [2.05, 4.69) is 25.6 Å². The number of aromatic nitrogens is 5. The molecule has 9 heteroatoms. The number of aliphatic hydroxyl groups is 1. The molecule has 0 amide bonds. The number of hydrogen-bond donors (Lipinski definition) is 2. The Hall–Kier alpha value is -1.44. The van der Waals surface area contributed by atoms with E-state index in [-0.39, 0.29) is 17.0 Å². The van der Waals surface area contributed by atoms with Crippen molar-refractivity contribution in [3.8, 4) is 0 Å². The highest BCUT2D eigenvalue weighted by atomic mass is 35.5. The molecule has 0 saturated heterocycles. The van der Waals surface area contributed by atoms with Crippen molar-refractivity contribution >= 4 is 29.0 Å². The molecule has 0 unspecified atom stereocenters. The molecule has 0 radical (unpaired) electrons. The summed E-state index contributed by atoms with van der Waals surface area (Å²) in [6.07, 6.45) is 2.44. The Bertz CT molecular complexity index is 526. The Morgan fingerprint density at radius 1 is 1.32 bits per heavy atom. The molecule has 0 bridgehead atoms. The zero-order valence-electron chi connectivity index (χ0n) is 9.92. The molecule has 0 saturated carbocycles. The first-order valence-electron chi connectivity index (χ1n) is 5.61. The van der Waals surface area contributed by atoms with Gasteiger partial charge in [0.25, 0.3) is 0 Å². The molecule has 102 valence electrons.